The summed E-state index contributed by atoms with van der Waals surface area (Å²) in [6.07, 6.45) is 2.02. The Labute approximate surface area is 169 Å². The van der Waals surface area contributed by atoms with Gasteiger partial charge in [-0.2, -0.15) is 0 Å². The molecule has 0 radical (unpaired) electrons. The van der Waals surface area contributed by atoms with Crippen LogP contribution in [-0.4, -0.2) is 38.0 Å². The van der Waals surface area contributed by atoms with Crippen LogP contribution in [0.1, 0.15) is 60.5 Å². The summed E-state index contributed by atoms with van der Waals surface area (Å²) in [4.78, 5) is 31.1. The number of hydrogen-bond acceptors (Lipinski definition) is 3. The number of nitrogens with zero attached hydrogens (tertiary/aromatic N) is 3. The lowest BCUT2D eigenvalue weighted by Gasteiger charge is -2.26. The van der Waals surface area contributed by atoms with Crippen LogP contribution in [0.15, 0.2) is 48.5 Å². The highest BCUT2D eigenvalue weighted by Gasteiger charge is 2.34. The van der Waals surface area contributed by atoms with E-state index in [9.17, 15) is 14.7 Å². The molecule has 2 aromatic carbocycles. The molecule has 0 aliphatic carbocycles. The van der Waals surface area contributed by atoms with Crippen molar-refractivity contribution in [3.63, 3.8) is 0 Å². The Morgan fingerprint density at radius 3 is 2.72 bits per heavy atom. The molecule has 0 bridgehead atoms. The predicted molar refractivity (Wildman–Crippen MR) is 111 cm³/mol. The largest absolute Gasteiger partial charge is 0.478 e. The zero-order chi connectivity index (χ0) is 20.5. The molecule has 6 nitrogen and oxygen atoms in total. The molecule has 1 saturated heterocycles. The number of para-hydroxylation sites is 2. The van der Waals surface area contributed by atoms with Crippen LogP contribution in [0.4, 0.5) is 0 Å². The summed E-state index contributed by atoms with van der Waals surface area (Å²) < 4.78 is 2.23. The standard InChI is InChI=1S/C23H25N3O3/c1-15(2)26-19-10-4-3-9-18(19)24-22(26)20-11-6-12-25(20)21(27)14-16-7-5-8-17(13-16)23(28)29/h3-5,7-10,13,15,20H,6,11-12,14H2,1-2H3,(H,28,29). The molecule has 1 N–H and O–H groups in total. The fourth-order valence-electron chi connectivity index (χ4n) is 4.27. The number of fused-ring (bicyclic) bond motifs is 1. The molecule has 1 aromatic heterocycles. The zero-order valence-corrected chi connectivity index (χ0v) is 16.7. The molecule has 1 amide bonds. The molecule has 0 saturated carbocycles. The molecule has 1 atom stereocenters. The number of carbonyl (C=O) groups excluding carboxylic acids is 1. The van der Waals surface area contributed by atoms with Gasteiger partial charge in [0.15, 0.2) is 0 Å². The Morgan fingerprint density at radius 2 is 1.97 bits per heavy atom. The van der Waals surface area contributed by atoms with Crippen molar-refractivity contribution in [2.24, 2.45) is 0 Å². The summed E-state index contributed by atoms with van der Waals surface area (Å²) in [6.45, 7) is 4.97. The molecule has 1 unspecified atom stereocenters. The number of likely N-dealkylation sites (tertiary alicyclic amines) is 1. The highest BCUT2D eigenvalue weighted by molar-refractivity contribution is 5.88. The Kier molecular flexibility index (Phi) is 5.09. The molecule has 2 heterocycles. The number of benzene rings is 2. The topological polar surface area (TPSA) is 75.4 Å². The molecule has 6 heteroatoms. The first-order valence-corrected chi connectivity index (χ1v) is 10.0. The maximum absolute atomic E-state index is 13.1. The third-order valence-corrected chi connectivity index (χ3v) is 5.54. The number of carboxylic acid groups (broad SMARTS) is 1. The van der Waals surface area contributed by atoms with E-state index in [-0.39, 0.29) is 30.0 Å². The molecule has 0 spiro atoms. The van der Waals surface area contributed by atoms with Crippen molar-refractivity contribution < 1.29 is 14.7 Å². The van der Waals surface area contributed by atoms with Gasteiger partial charge in [-0.3, -0.25) is 4.79 Å². The normalized spacial score (nSPS) is 16.7. The second kappa shape index (κ2) is 7.70. The van der Waals surface area contributed by atoms with E-state index in [2.05, 4.69) is 24.5 Å². The number of rotatable bonds is 5. The summed E-state index contributed by atoms with van der Waals surface area (Å²) in [6, 6.07) is 14.9. The van der Waals surface area contributed by atoms with Gasteiger partial charge in [-0.1, -0.05) is 24.3 Å². The van der Waals surface area contributed by atoms with E-state index < -0.39 is 5.97 Å². The van der Waals surface area contributed by atoms with Crippen molar-refractivity contribution >= 4 is 22.9 Å². The van der Waals surface area contributed by atoms with E-state index in [0.717, 1.165) is 35.3 Å². The maximum atomic E-state index is 13.1. The first kappa shape index (κ1) is 19.2. The van der Waals surface area contributed by atoms with Gasteiger partial charge in [0, 0.05) is 12.6 Å². The highest BCUT2D eigenvalue weighted by Crippen LogP contribution is 2.35. The Bertz CT molecular complexity index is 1070. The van der Waals surface area contributed by atoms with Crippen molar-refractivity contribution in [2.45, 2.75) is 45.2 Å². The maximum Gasteiger partial charge on any atom is 0.335 e. The van der Waals surface area contributed by atoms with Crippen LogP contribution in [0.5, 0.6) is 0 Å². The van der Waals surface area contributed by atoms with Gasteiger partial charge in [0.1, 0.15) is 5.82 Å². The lowest BCUT2D eigenvalue weighted by molar-refractivity contribution is -0.131. The number of aromatic nitrogens is 2. The predicted octanol–water partition coefficient (Wildman–Crippen LogP) is 4.22. The van der Waals surface area contributed by atoms with Gasteiger partial charge < -0.3 is 14.6 Å². The fraction of sp³-hybridized carbons (Fsp3) is 0.348. The van der Waals surface area contributed by atoms with Crippen LogP contribution in [-0.2, 0) is 11.2 Å². The number of hydrogen-bond donors (Lipinski definition) is 1. The lowest BCUT2D eigenvalue weighted by atomic mass is 10.1. The third kappa shape index (κ3) is 3.62. The monoisotopic (exact) mass is 391 g/mol. The zero-order valence-electron chi connectivity index (χ0n) is 16.7. The number of imidazole rings is 1. The van der Waals surface area contributed by atoms with E-state index in [1.165, 1.54) is 0 Å². The minimum atomic E-state index is -0.982. The first-order valence-electron chi connectivity index (χ1n) is 10.0. The minimum absolute atomic E-state index is 0.0115. The molecule has 29 heavy (non-hydrogen) atoms. The van der Waals surface area contributed by atoms with Crippen molar-refractivity contribution in [2.75, 3.05) is 6.54 Å². The highest BCUT2D eigenvalue weighted by atomic mass is 16.4. The second-order valence-corrected chi connectivity index (χ2v) is 7.85. The number of aromatic carboxylic acids is 1. The summed E-state index contributed by atoms with van der Waals surface area (Å²) in [5.41, 5.74) is 2.96. The summed E-state index contributed by atoms with van der Waals surface area (Å²) in [5.74, 6) is -0.0345. The SMILES string of the molecule is CC(C)n1c(C2CCCN2C(=O)Cc2cccc(C(=O)O)c2)nc2ccccc21. The van der Waals surface area contributed by atoms with Crippen LogP contribution < -0.4 is 0 Å². The van der Waals surface area contributed by atoms with Crippen LogP contribution >= 0.6 is 0 Å². The van der Waals surface area contributed by atoms with E-state index >= 15 is 0 Å². The smallest absolute Gasteiger partial charge is 0.335 e. The van der Waals surface area contributed by atoms with Crippen LogP contribution in [0.3, 0.4) is 0 Å². The Morgan fingerprint density at radius 1 is 1.17 bits per heavy atom. The number of carbonyl (C=O) groups is 2. The van der Waals surface area contributed by atoms with Gasteiger partial charge in [-0.15, -0.1) is 0 Å². The second-order valence-electron chi connectivity index (χ2n) is 7.85. The Balaban J connectivity index is 1.64. The van der Waals surface area contributed by atoms with E-state index in [4.69, 9.17) is 4.98 Å². The van der Waals surface area contributed by atoms with Crippen molar-refractivity contribution in [3.8, 4) is 0 Å². The molecular weight excluding hydrogens is 366 g/mol. The third-order valence-electron chi connectivity index (χ3n) is 5.54. The average Bonchev–Trinajstić information content (AvgIpc) is 3.32. The molecule has 150 valence electrons. The van der Waals surface area contributed by atoms with E-state index in [1.807, 2.05) is 23.1 Å². The van der Waals surface area contributed by atoms with Gasteiger partial charge in [-0.25, -0.2) is 9.78 Å². The molecular formula is C23H25N3O3. The average molecular weight is 391 g/mol. The summed E-state index contributed by atoms with van der Waals surface area (Å²) >= 11 is 0. The van der Waals surface area contributed by atoms with E-state index in [1.54, 1.807) is 24.3 Å². The summed E-state index contributed by atoms with van der Waals surface area (Å²) in [5, 5.41) is 9.19. The van der Waals surface area contributed by atoms with Gasteiger partial charge >= 0.3 is 5.97 Å². The van der Waals surface area contributed by atoms with Crippen LogP contribution in [0, 0.1) is 0 Å². The summed E-state index contributed by atoms with van der Waals surface area (Å²) in [7, 11) is 0. The number of amides is 1. The molecule has 4 rings (SSSR count). The van der Waals surface area contributed by atoms with Crippen molar-refractivity contribution in [3.05, 3.63) is 65.5 Å². The molecule has 1 aliphatic rings. The van der Waals surface area contributed by atoms with Gasteiger partial charge in [0.2, 0.25) is 5.91 Å². The van der Waals surface area contributed by atoms with Gasteiger partial charge in [-0.05, 0) is 56.5 Å². The fourth-order valence-corrected chi connectivity index (χ4v) is 4.27. The van der Waals surface area contributed by atoms with Crippen LogP contribution in [0.25, 0.3) is 11.0 Å². The van der Waals surface area contributed by atoms with Gasteiger partial charge in [0.05, 0.1) is 29.1 Å². The van der Waals surface area contributed by atoms with Crippen molar-refractivity contribution in [1.82, 2.24) is 14.5 Å². The Hall–Kier alpha value is -3.15. The molecule has 3 aromatic rings. The minimum Gasteiger partial charge on any atom is -0.478 e. The van der Waals surface area contributed by atoms with Crippen LogP contribution in [0.2, 0.25) is 0 Å². The van der Waals surface area contributed by atoms with E-state index in [0.29, 0.717) is 6.54 Å². The number of carboxylic acids is 1. The first-order chi connectivity index (χ1) is 14.0. The molecule has 1 aliphatic heterocycles. The van der Waals surface area contributed by atoms with Crippen molar-refractivity contribution in [1.29, 1.82) is 0 Å². The molecule has 1 fully saturated rings. The van der Waals surface area contributed by atoms with Gasteiger partial charge in [0.25, 0.3) is 0 Å². The quantitative estimate of drug-likeness (QED) is 0.706. The lowest BCUT2D eigenvalue weighted by Crippen LogP contribution is -2.33.